The van der Waals surface area contributed by atoms with Crippen molar-refractivity contribution in [2.24, 2.45) is 5.41 Å². The maximum absolute atomic E-state index is 4.80. The molecule has 1 spiro atoms. The van der Waals surface area contributed by atoms with E-state index in [1.54, 1.807) is 5.56 Å². The summed E-state index contributed by atoms with van der Waals surface area (Å²) in [7, 11) is 0. The number of H-pyrrole nitrogens is 2. The standard InChI is InChI=1S/C27H32N6/c1-3-19(28-11-1)23-30-13-21(32-23)17-5-7-18(8-6-17)25-9-10-26(16-27(25,26)15-25)22-14-31-24(33-22)20-4-2-12-29-20/h5-8,13-14,19-20,28-29H,1-4,9-12,15-16H2,(H,30,32)(H,31,33)/t19-,20-,25?,26?,27?/m0/s1. The van der Waals surface area contributed by atoms with E-state index in [9.17, 15) is 0 Å². The van der Waals surface area contributed by atoms with E-state index in [0.717, 1.165) is 30.4 Å². The number of aromatic amines is 2. The van der Waals surface area contributed by atoms with Gasteiger partial charge < -0.3 is 20.6 Å². The Morgan fingerprint density at radius 2 is 1.42 bits per heavy atom. The number of rotatable bonds is 5. The van der Waals surface area contributed by atoms with Gasteiger partial charge in [0.2, 0.25) is 0 Å². The fourth-order valence-corrected chi connectivity index (χ4v) is 8.12. The number of benzene rings is 1. The second-order valence-electron chi connectivity index (χ2n) is 11.3. The van der Waals surface area contributed by atoms with Crippen molar-refractivity contribution in [1.82, 2.24) is 30.6 Å². The van der Waals surface area contributed by atoms with E-state index >= 15 is 0 Å². The molecular weight excluding hydrogens is 408 g/mol. The highest BCUT2D eigenvalue weighted by atomic mass is 15.1. The fraction of sp³-hybridized carbons (Fsp3) is 0.556. The first-order valence-electron chi connectivity index (χ1n) is 12.9. The van der Waals surface area contributed by atoms with Gasteiger partial charge in [0, 0.05) is 22.7 Å². The third kappa shape index (κ3) is 2.41. The van der Waals surface area contributed by atoms with Gasteiger partial charge >= 0.3 is 0 Å². The molecule has 6 heteroatoms. The summed E-state index contributed by atoms with van der Waals surface area (Å²) < 4.78 is 0. The van der Waals surface area contributed by atoms with Crippen LogP contribution in [0.25, 0.3) is 11.3 Å². The van der Waals surface area contributed by atoms with Crippen LogP contribution in [0.15, 0.2) is 36.7 Å². The Morgan fingerprint density at radius 1 is 0.758 bits per heavy atom. The minimum Gasteiger partial charge on any atom is -0.344 e. The van der Waals surface area contributed by atoms with Gasteiger partial charge in [-0.05, 0) is 81.0 Å². The topological polar surface area (TPSA) is 81.4 Å². The summed E-state index contributed by atoms with van der Waals surface area (Å²) >= 11 is 0. The number of aromatic nitrogens is 4. The van der Waals surface area contributed by atoms with E-state index in [0.29, 0.717) is 28.3 Å². The molecule has 0 bridgehead atoms. The van der Waals surface area contributed by atoms with Gasteiger partial charge in [0.15, 0.2) is 0 Å². The minimum absolute atomic E-state index is 0.349. The summed E-state index contributed by atoms with van der Waals surface area (Å²) in [4.78, 5) is 16.8. The van der Waals surface area contributed by atoms with Gasteiger partial charge in [-0.1, -0.05) is 24.3 Å². The maximum Gasteiger partial charge on any atom is 0.123 e. The van der Waals surface area contributed by atoms with Gasteiger partial charge in [0.05, 0.1) is 24.0 Å². The lowest BCUT2D eigenvalue weighted by Crippen LogP contribution is -2.15. The molecule has 5 aliphatic rings. The molecular formula is C27H32N6. The van der Waals surface area contributed by atoms with Crippen molar-refractivity contribution < 1.29 is 0 Å². The van der Waals surface area contributed by atoms with Crippen molar-refractivity contribution in [3.8, 4) is 11.3 Å². The van der Waals surface area contributed by atoms with Crippen molar-refractivity contribution in [3.05, 3.63) is 59.6 Å². The van der Waals surface area contributed by atoms with E-state index in [2.05, 4.69) is 56.0 Å². The first-order chi connectivity index (χ1) is 16.2. The van der Waals surface area contributed by atoms with Crippen molar-refractivity contribution >= 4 is 0 Å². The van der Waals surface area contributed by atoms with Crippen LogP contribution in [-0.4, -0.2) is 33.0 Å². The Morgan fingerprint density at radius 3 is 2.09 bits per heavy atom. The lowest BCUT2D eigenvalue weighted by atomic mass is 9.89. The molecule has 6 nitrogen and oxygen atoms in total. The second-order valence-corrected chi connectivity index (χ2v) is 11.3. The summed E-state index contributed by atoms with van der Waals surface area (Å²) in [5.41, 5.74) is 6.53. The van der Waals surface area contributed by atoms with Gasteiger partial charge in [-0.3, -0.25) is 0 Å². The van der Waals surface area contributed by atoms with Crippen molar-refractivity contribution in [2.45, 2.75) is 74.3 Å². The summed E-state index contributed by atoms with van der Waals surface area (Å²) in [6.07, 6.45) is 14.3. The van der Waals surface area contributed by atoms with E-state index in [-0.39, 0.29) is 0 Å². The van der Waals surface area contributed by atoms with Gasteiger partial charge in [-0.2, -0.15) is 0 Å². The molecule has 2 aromatic heterocycles. The SMILES string of the molecule is c1cc(C23CCC4(c5cnc([C@@H]6CCCN6)[nH]5)CC24C3)ccc1-c1cnc([C@@H]2CCCN2)[nH]1. The Labute approximate surface area is 194 Å². The monoisotopic (exact) mass is 440 g/mol. The normalized spacial score (nSPS) is 38.4. The third-order valence-electron chi connectivity index (χ3n) is 10.0. The molecule has 8 rings (SSSR count). The first kappa shape index (κ1) is 18.9. The van der Waals surface area contributed by atoms with Crippen LogP contribution in [0, 0.1) is 5.41 Å². The van der Waals surface area contributed by atoms with Crippen LogP contribution in [0.5, 0.6) is 0 Å². The molecule has 170 valence electrons. The molecule has 4 N–H and O–H groups in total. The lowest BCUT2D eigenvalue weighted by molar-refractivity contribution is 0.558. The fourth-order valence-electron chi connectivity index (χ4n) is 8.12. The van der Waals surface area contributed by atoms with E-state index < -0.39 is 0 Å². The van der Waals surface area contributed by atoms with Crippen LogP contribution in [0.1, 0.15) is 86.4 Å². The number of nitrogens with zero attached hydrogens (tertiary/aromatic N) is 2. The first-order valence-corrected chi connectivity index (χ1v) is 12.9. The predicted molar refractivity (Wildman–Crippen MR) is 127 cm³/mol. The van der Waals surface area contributed by atoms with Gasteiger partial charge in [0.25, 0.3) is 0 Å². The molecule has 0 amide bonds. The van der Waals surface area contributed by atoms with Crippen molar-refractivity contribution in [1.29, 1.82) is 0 Å². The predicted octanol–water partition coefficient (Wildman–Crippen LogP) is 4.41. The third-order valence-corrected chi connectivity index (χ3v) is 10.0. The molecule has 0 radical (unpaired) electrons. The van der Waals surface area contributed by atoms with Crippen LogP contribution in [0.2, 0.25) is 0 Å². The zero-order valence-electron chi connectivity index (χ0n) is 19.1. The molecule has 5 atom stereocenters. The number of nitrogens with one attached hydrogen (secondary N) is 4. The second kappa shape index (κ2) is 6.36. The number of hydrogen-bond acceptors (Lipinski definition) is 4. The average molecular weight is 441 g/mol. The largest absolute Gasteiger partial charge is 0.344 e. The Hall–Kier alpha value is -2.44. The van der Waals surface area contributed by atoms with Crippen LogP contribution in [-0.2, 0) is 10.8 Å². The number of imidazole rings is 2. The zero-order valence-corrected chi connectivity index (χ0v) is 19.1. The van der Waals surface area contributed by atoms with Gasteiger partial charge in [-0.25, -0.2) is 9.97 Å². The molecule has 1 aromatic carbocycles. The molecule has 5 fully saturated rings. The van der Waals surface area contributed by atoms with Crippen LogP contribution in [0.3, 0.4) is 0 Å². The molecule has 3 aromatic rings. The van der Waals surface area contributed by atoms with E-state index in [1.165, 1.54) is 62.6 Å². The van der Waals surface area contributed by atoms with Crippen LogP contribution < -0.4 is 10.6 Å². The number of hydrogen-bond donors (Lipinski definition) is 4. The van der Waals surface area contributed by atoms with Crippen molar-refractivity contribution in [2.75, 3.05) is 13.1 Å². The van der Waals surface area contributed by atoms with Crippen LogP contribution >= 0.6 is 0 Å². The smallest absolute Gasteiger partial charge is 0.123 e. The van der Waals surface area contributed by atoms with Gasteiger partial charge in [-0.15, -0.1) is 0 Å². The quantitative estimate of drug-likeness (QED) is 0.474. The average Bonchev–Trinajstić information content (AvgIpc) is 3.43. The Kier molecular flexibility index (Phi) is 3.65. The molecule has 2 saturated heterocycles. The Balaban J connectivity index is 1.03. The molecule has 2 aliphatic heterocycles. The van der Waals surface area contributed by atoms with E-state index in [1.807, 2.05) is 6.20 Å². The molecule has 33 heavy (non-hydrogen) atoms. The lowest BCUT2D eigenvalue weighted by Gasteiger charge is -2.15. The van der Waals surface area contributed by atoms with Crippen LogP contribution in [0.4, 0.5) is 0 Å². The Bertz CT molecular complexity index is 1210. The molecule has 3 saturated carbocycles. The molecule has 4 heterocycles. The molecule has 3 aliphatic carbocycles. The summed E-state index contributed by atoms with van der Waals surface area (Å²) in [6.45, 7) is 2.21. The highest BCUT2D eigenvalue weighted by Crippen LogP contribution is 2.94. The highest BCUT2D eigenvalue weighted by Gasteiger charge is 2.91. The van der Waals surface area contributed by atoms with Gasteiger partial charge in [0.1, 0.15) is 11.6 Å². The highest BCUT2D eigenvalue weighted by molar-refractivity contribution is 5.62. The summed E-state index contributed by atoms with van der Waals surface area (Å²) in [6, 6.07) is 10.2. The minimum atomic E-state index is 0.349. The van der Waals surface area contributed by atoms with E-state index in [4.69, 9.17) is 4.98 Å². The van der Waals surface area contributed by atoms with Crippen molar-refractivity contribution in [3.63, 3.8) is 0 Å². The molecule has 3 unspecified atom stereocenters. The maximum atomic E-state index is 4.80. The zero-order chi connectivity index (χ0) is 21.7. The summed E-state index contributed by atoms with van der Waals surface area (Å²) in [5.74, 6) is 2.24. The summed E-state index contributed by atoms with van der Waals surface area (Å²) in [5, 5.41) is 7.12.